The van der Waals surface area contributed by atoms with Gasteiger partial charge >= 0.3 is 0 Å². The van der Waals surface area contributed by atoms with Gasteiger partial charge in [0.25, 0.3) is 0 Å². The van der Waals surface area contributed by atoms with Crippen LogP contribution >= 0.6 is 11.6 Å². The fourth-order valence-corrected chi connectivity index (χ4v) is 4.19. The van der Waals surface area contributed by atoms with Crippen LogP contribution < -0.4 is 9.62 Å². The van der Waals surface area contributed by atoms with Crippen LogP contribution in [-0.4, -0.2) is 51.0 Å². The molecule has 0 aromatic heterocycles. The van der Waals surface area contributed by atoms with Crippen LogP contribution in [-0.2, 0) is 26.2 Å². The number of sulfonamides is 1. The van der Waals surface area contributed by atoms with Crippen molar-refractivity contribution in [3.8, 4) is 0 Å². The summed E-state index contributed by atoms with van der Waals surface area (Å²) in [5.41, 5.74) is 2.22. The summed E-state index contributed by atoms with van der Waals surface area (Å²) in [4.78, 5) is 27.0. The van der Waals surface area contributed by atoms with Crippen LogP contribution in [0.15, 0.2) is 48.5 Å². The number of carbonyl (C=O) groups excluding carboxylic acids is 2. The molecule has 32 heavy (non-hydrogen) atoms. The SMILES string of the molecule is CNC(=O)[C@@H](C)N(Cc1ccc(Cl)cc1)C(=O)CN(c1ccc(C(C)C)cc1)S(C)(=O)=O. The normalized spacial score (nSPS) is 12.3. The zero-order chi connectivity index (χ0) is 24.1. The van der Waals surface area contributed by atoms with Crippen molar-refractivity contribution >= 4 is 39.1 Å². The molecule has 0 bridgehead atoms. The number of halogens is 1. The summed E-state index contributed by atoms with van der Waals surface area (Å²) in [6, 6.07) is 13.2. The Balaban J connectivity index is 2.36. The number of rotatable bonds is 9. The quantitative estimate of drug-likeness (QED) is 0.597. The number of amides is 2. The molecule has 0 saturated carbocycles. The van der Waals surface area contributed by atoms with Gasteiger partial charge in [-0.2, -0.15) is 0 Å². The Kier molecular flexibility index (Phi) is 8.69. The standard InChI is InChI=1S/C23H30ClN3O4S/c1-16(2)19-8-12-21(13-9-19)27(32(5,30)31)15-22(28)26(17(3)23(29)25-4)14-18-6-10-20(24)11-7-18/h6-13,16-17H,14-15H2,1-5H3,(H,25,29)/t17-/m1/s1. The van der Waals surface area contributed by atoms with E-state index in [2.05, 4.69) is 5.32 Å². The zero-order valence-electron chi connectivity index (χ0n) is 19.0. The molecule has 9 heteroatoms. The highest BCUT2D eigenvalue weighted by Crippen LogP contribution is 2.23. The van der Waals surface area contributed by atoms with Crippen LogP contribution in [0.5, 0.6) is 0 Å². The molecule has 0 saturated heterocycles. The second-order valence-electron chi connectivity index (χ2n) is 7.95. The third-order valence-corrected chi connectivity index (χ3v) is 6.60. The molecule has 1 atom stereocenters. The number of likely N-dealkylation sites (N-methyl/N-ethyl adjacent to an activating group) is 1. The third-order valence-electron chi connectivity index (χ3n) is 5.21. The van der Waals surface area contributed by atoms with Crippen LogP contribution in [0.2, 0.25) is 5.02 Å². The Morgan fingerprint density at radius 1 is 1.00 bits per heavy atom. The minimum atomic E-state index is -3.74. The van der Waals surface area contributed by atoms with Crippen LogP contribution in [0.3, 0.4) is 0 Å². The average molecular weight is 480 g/mol. The maximum absolute atomic E-state index is 13.3. The number of anilines is 1. The van der Waals surface area contributed by atoms with E-state index >= 15 is 0 Å². The van der Waals surface area contributed by atoms with Gasteiger partial charge in [0.05, 0.1) is 11.9 Å². The van der Waals surface area contributed by atoms with E-state index in [0.717, 1.165) is 21.7 Å². The minimum absolute atomic E-state index is 0.133. The average Bonchev–Trinajstić information content (AvgIpc) is 2.75. The Hall–Kier alpha value is -2.58. The summed E-state index contributed by atoms with van der Waals surface area (Å²) >= 11 is 5.95. The molecule has 0 aliphatic rings. The number of carbonyl (C=O) groups is 2. The van der Waals surface area contributed by atoms with Crippen LogP contribution in [0.4, 0.5) is 5.69 Å². The Bertz CT molecular complexity index is 1040. The predicted octanol–water partition coefficient (Wildman–Crippen LogP) is 3.39. The van der Waals surface area contributed by atoms with Crippen molar-refractivity contribution in [1.82, 2.24) is 10.2 Å². The van der Waals surface area contributed by atoms with E-state index in [1.54, 1.807) is 43.3 Å². The lowest BCUT2D eigenvalue weighted by atomic mass is 10.0. The summed E-state index contributed by atoms with van der Waals surface area (Å²) in [5.74, 6) is -0.547. The molecule has 0 aliphatic carbocycles. The van der Waals surface area contributed by atoms with Crippen molar-refractivity contribution in [3.05, 3.63) is 64.7 Å². The van der Waals surface area contributed by atoms with E-state index < -0.39 is 28.5 Å². The van der Waals surface area contributed by atoms with Gasteiger partial charge in [-0.1, -0.05) is 49.7 Å². The maximum Gasteiger partial charge on any atom is 0.244 e. The van der Waals surface area contributed by atoms with Gasteiger partial charge in [-0.05, 0) is 48.2 Å². The number of nitrogens with zero attached hydrogens (tertiary/aromatic N) is 2. The first-order valence-corrected chi connectivity index (χ1v) is 12.5. The summed E-state index contributed by atoms with van der Waals surface area (Å²) < 4.78 is 26.1. The highest BCUT2D eigenvalue weighted by Gasteiger charge is 2.29. The topological polar surface area (TPSA) is 86.8 Å². The summed E-state index contributed by atoms with van der Waals surface area (Å²) in [6.45, 7) is 5.40. The van der Waals surface area contributed by atoms with Gasteiger partial charge in [-0.25, -0.2) is 8.42 Å². The van der Waals surface area contributed by atoms with Crippen LogP contribution in [0.1, 0.15) is 37.8 Å². The molecule has 2 rings (SSSR count). The largest absolute Gasteiger partial charge is 0.357 e. The van der Waals surface area contributed by atoms with Crippen molar-refractivity contribution in [2.75, 3.05) is 24.2 Å². The second-order valence-corrected chi connectivity index (χ2v) is 10.3. The molecule has 1 N–H and O–H groups in total. The van der Waals surface area contributed by atoms with Gasteiger partial charge in [0.15, 0.2) is 0 Å². The first kappa shape index (κ1) is 25.7. The van der Waals surface area contributed by atoms with Crippen molar-refractivity contribution in [1.29, 1.82) is 0 Å². The summed E-state index contributed by atoms with van der Waals surface area (Å²) in [6.07, 6.45) is 1.06. The number of benzene rings is 2. The lowest BCUT2D eigenvalue weighted by Crippen LogP contribution is -2.50. The molecule has 2 aromatic rings. The smallest absolute Gasteiger partial charge is 0.244 e. The Morgan fingerprint density at radius 3 is 2.03 bits per heavy atom. The van der Waals surface area contributed by atoms with E-state index in [1.165, 1.54) is 11.9 Å². The lowest BCUT2D eigenvalue weighted by molar-refractivity contribution is -0.139. The van der Waals surface area contributed by atoms with Gasteiger partial charge in [-0.15, -0.1) is 0 Å². The fourth-order valence-electron chi connectivity index (χ4n) is 3.22. The molecule has 0 heterocycles. The highest BCUT2D eigenvalue weighted by atomic mass is 35.5. The van der Waals surface area contributed by atoms with Gasteiger partial charge in [0.2, 0.25) is 21.8 Å². The first-order chi connectivity index (χ1) is 14.9. The minimum Gasteiger partial charge on any atom is -0.357 e. The van der Waals surface area contributed by atoms with Crippen molar-refractivity contribution < 1.29 is 18.0 Å². The van der Waals surface area contributed by atoms with Gasteiger partial charge < -0.3 is 10.2 Å². The molecule has 2 amide bonds. The van der Waals surface area contributed by atoms with E-state index in [9.17, 15) is 18.0 Å². The van der Waals surface area contributed by atoms with Gasteiger partial charge in [0, 0.05) is 18.6 Å². The second kappa shape index (κ2) is 10.8. The Morgan fingerprint density at radius 2 is 1.56 bits per heavy atom. The Labute approximate surface area is 195 Å². The summed E-state index contributed by atoms with van der Waals surface area (Å²) in [5, 5.41) is 3.10. The lowest BCUT2D eigenvalue weighted by Gasteiger charge is -2.31. The molecule has 2 aromatic carbocycles. The zero-order valence-corrected chi connectivity index (χ0v) is 20.6. The maximum atomic E-state index is 13.3. The van der Waals surface area contributed by atoms with E-state index in [0.29, 0.717) is 16.6 Å². The molecule has 0 spiro atoms. The van der Waals surface area contributed by atoms with Crippen molar-refractivity contribution in [2.45, 2.75) is 39.3 Å². The first-order valence-electron chi connectivity index (χ1n) is 10.3. The molecule has 7 nitrogen and oxygen atoms in total. The van der Waals surface area contributed by atoms with E-state index in [1.807, 2.05) is 26.0 Å². The fraction of sp³-hybridized carbons (Fsp3) is 0.391. The van der Waals surface area contributed by atoms with Crippen molar-refractivity contribution in [2.24, 2.45) is 0 Å². The molecule has 174 valence electrons. The molecule has 0 aliphatic heterocycles. The van der Waals surface area contributed by atoms with E-state index in [4.69, 9.17) is 11.6 Å². The summed E-state index contributed by atoms with van der Waals surface area (Å²) in [7, 11) is -2.25. The van der Waals surface area contributed by atoms with Crippen LogP contribution in [0, 0.1) is 0 Å². The predicted molar refractivity (Wildman–Crippen MR) is 128 cm³/mol. The highest BCUT2D eigenvalue weighted by molar-refractivity contribution is 7.92. The number of nitrogens with one attached hydrogen (secondary N) is 1. The molecular formula is C23H30ClN3O4S. The number of hydrogen-bond acceptors (Lipinski definition) is 4. The van der Waals surface area contributed by atoms with Crippen LogP contribution in [0.25, 0.3) is 0 Å². The molecule has 0 unspecified atom stereocenters. The van der Waals surface area contributed by atoms with Gasteiger partial charge in [0.1, 0.15) is 12.6 Å². The molecule has 0 fully saturated rings. The third kappa shape index (κ3) is 6.71. The van der Waals surface area contributed by atoms with Gasteiger partial charge in [-0.3, -0.25) is 13.9 Å². The number of hydrogen-bond donors (Lipinski definition) is 1. The molecule has 0 radical (unpaired) electrons. The monoisotopic (exact) mass is 479 g/mol. The molecular weight excluding hydrogens is 450 g/mol. The van der Waals surface area contributed by atoms with Crippen molar-refractivity contribution in [3.63, 3.8) is 0 Å². The van der Waals surface area contributed by atoms with E-state index in [-0.39, 0.29) is 12.5 Å².